The fraction of sp³-hybridized carbons (Fsp3) is 0.300. The number of halogens is 2. The monoisotopic (exact) mass is 916 g/mol. The maximum atomic E-state index is 14.1. The van der Waals surface area contributed by atoms with Crippen LogP contribution >= 0.6 is 23.2 Å². The van der Waals surface area contributed by atoms with Gasteiger partial charge in [0, 0.05) is 34.6 Å². The van der Waals surface area contributed by atoms with E-state index < -0.39 is 32.0 Å². The molecule has 0 bridgehead atoms. The summed E-state index contributed by atoms with van der Waals surface area (Å²) in [6.07, 6.45) is 1.62. The molecule has 2 unspecified atom stereocenters. The van der Waals surface area contributed by atoms with Crippen molar-refractivity contribution in [2.45, 2.75) is 74.5 Å². The van der Waals surface area contributed by atoms with E-state index in [2.05, 4.69) is 20.6 Å². The predicted octanol–water partition coefficient (Wildman–Crippen LogP) is -1.17. The average molecular weight is 918 g/mol. The van der Waals surface area contributed by atoms with Gasteiger partial charge in [-0.2, -0.15) is 16.8 Å². The minimum atomic E-state index is -4.63. The fourth-order valence-corrected chi connectivity index (χ4v) is 8.28. The van der Waals surface area contributed by atoms with Crippen LogP contribution in [0.1, 0.15) is 80.8 Å². The molecule has 0 amide bonds. The minimum Gasteiger partial charge on any atom is -0.861 e. The first-order valence-corrected chi connectivity index (χ1v) is 22.0. The number of nitrogens with one attached hydrogen (secondary N) is 2. The molecule has 1 aliphatic rings. The number of fused-ring (bicyclic) bond motifs is 2. The van der Waals surface area contributed by atoms with Crippen molar-refractivity contribution in [3.63, 3.8) is 0 Å². The topological polar surface area (TPSA) is 238 Å². The van der Waals surface area contributed by atoms with Crippen molar-refractivity contribution in [3.8, 4) is 0 Å². The second kappa shape index (κ2) is 22.5. The number of aryl methyl sites for hydroxylation is 2. The molecule has 14 nitrogen and oxygen atoms in total. The van der Waals surface area contributed by atoms with Crippen molar-refractivity contribution < 1.29 is 105 Å². The number of rotatable bonds is 18. The maximum Gasteiger partial charge on any atom is 1.00 e. The molecule has 1 aliphatic carbocycles. The summed E-state index contributed by atoms with van der Waals surface area (Å²) >= 11 is 11.0. The zero-order chi connectivity index (χ0) is 42.4. The Morgan fingerprint density at radius 3 is 1.35 bits per heavy atom. The van der Waals surface area contributed by atoms with E-state index in [-0.39, 0.29) is 151 Å². The Morgan fingerprint density at radius 2 is 1.02 bits per heavy atom. The number of carbonyl (C=O) groups is 2. The van der Waals surface area contributed by atoms with E-state index in [1.54, 1.807) is 48.5 Å². The average Bonchev–Trinajstić information content (AvgIpc) is 3.19. The Balaban J connectivity index is 0.00000480. The first-order chi connectivity index (χ1) is 27.4. The summed E-state index contributed by atoms with van der Waals surface area (Å²) in [5, 5.41) is 29.8. The Kier molecular flexibility index (Phi) is 19.3. The molecule has 0 saturated heterocycles. The van der Waals surface area contributed by atoms with Crippen molar-refractivity contribution >= 4 is 78.2 Å². The van der Waals surface area contributed by atoms with Crippen molar-refractivity contribution in [2.24, 2.45) is 9.98 Å². The van der Waals surface area contributed by atoms with Crippen molar-refractivity contribution in [1.29, 1.82) is 0 Å². The Labute approximate surface area is 403 Å². The number of aliphatic imine (C=N–C) groups is 2. The zero-order valence-electron chi connectivity index (χ0n) is 33.4. The quantitative estimate of drug-likeness (QED) is 0.0268. The van der Waals surface area contributed by atoms with Crippen LogP contribution in [0.25, 0.3) is 0 Å². The molecule has 0 radical (unpaired) electrons. The third-order valence-corrected chi connectivity index (χ3v) is 11.8. The maximum absolute atomic E-state index is 14.1. The summed E-state index contributed by atoms with van der Waals surface area (Å²) in [6.45, 7) is 3.19. The normalized spacial score (nSPS) is 14.0. The van der Waals surface area contributed by atoms with Crippen molar-refractivity contribution in [2.75, 3.05) is 22.4 Å². The Hall–Kier alpha value is -2.84. The van der Waals surface area contributed by atoms with Crippen LogP contribution in [0.3, 0.4) is 0 Å². The van der Waals surface area contributed by atoms with Gasteiger partial charge >= 0.3 is 59.1 Å². The van der Waals surface area contributed by atoms with E-state index in [4.69, 9.17) is 23.2 Å². The molecule has 4 aromatic carbocycles. The number of hydrogen-bond acceptors (Lipinski definition) is 12. The Bertz CT molecular complexity index is 2350. The number of anilines is 2. The van der Waals surface area contributed by atoms with Gasteiger partial charge in [0.1, 0.15) is 0 Å². The van der Waals surface area contributed by atoms with Gasteiger partial charge in [0.15, 0.2) is 11.6 Å². The van der Waals surface area contributed by atoms with E-state index >= 15 is 0 Å². The molecule has 308 valence electrons. The molecule has 0 aromatic heterocycles. The Morgan fingerprint density at radius 1 is 0.650 bits per heavy atom. The van der Waals surface area contributed by atoms with Crippen LogP contribution in [-0.4, -0.2) is 73.1 Å². The molecule has 4 N–H and O–H groups in total. The number of hydrogen-bond donors (Lipinski definition) is 4. The van der Waals surface area contributed by atoms with E-state index in [1.807, 2.05) is 13.8 Å². The van der Waals surface area contributed by atoms with E-state index in [0.29, 0.717) is 48.2 Å². The third-order valence-electron chi connectivity index (χ3n) is 9.51. The van der Waals surface area contributed by atoms with Gasteiger partial charge in [0.05, 0.1) is 45.8 Å². The summed E-state index contributed by atoms with van der Waals surface area (Å²) in [6, 6.07) is 18.3. The van der Waals surface area contributed by atoms with E-state index in [9.17, 15) is 45.7 Å². The number of carbonyl (C=O) groups excluding carboxylic acids is 2. The molecule has 0 spiro atoms. The van der Waals surface area contributed by atoms with Gasteiger partial charge in [-0.05, 0) is 97.8 Å². The fourth-order valence-electron chi connectivity index (χ4n) is 6.59. The summed E-state index contributed by atoms with van der Waals surface area (Å²) in [5.74, 6) is -2.67. The van der Waals surface area contributed by atoms with Crippen molar-refractivity contribution in [1.82, 2.24) is 0 Å². The SMILES string of the molecule is CC(CCc1ccc(CN=C([O-])CCl)c(S(=O)(=O)O)c1)Nc1ccc(NC(C)CCc2ccc(CN=C([O-])CCl)c(S(=O)(=O)O)c2)c2c1C(=O)c1ccccc1C2=O.[Na+].[Na+]. The van der Waals surface area contributed by atoms with Crippen LogP contribution in [-0.2, 0) is 46.2 Å². The van der Waals surface area contributed by atoms with E-state index in [1.165, 1.54) is 24.3 Å². The summed E-state index contributed by atoms with van der Waals surface area (Å²) in [5.41, 5.74) is 3.19. The molecular formula is C40H40Cl2N4Na2O10S2. The van der Waals surface area contributed by atoms with Crippen LogP contribution in [0.5, 0.6) is 0 Å². The molecule has 2 atom stereocenters. The minimum absolute atomic E-state index is 0. The smallest absolute Gasteiger partial charge is 0.861 e. The molecule has 60 heavy (non-hydrogen) atoms. The van der Waals surface area contributed by atoms with Crippen molar-refractivity contribution in [3.05, 3.63) is 117 Å². The zero-order valence-corrected chi connectivity index (χ0v) is 40.5. The first kappa shape index (κ1) is 51.5. The van der Waals surface area contributed by atoms with Gasteiger partial charge in [-0.25, -0.2) is 0 Å². The molecule has 4 aromatic rings. The van der Waals surface area contributed by atoms with Gasteiger partial charge < -0.3 is 20.8 Å². The van der Waals surface area contributed by atoms with Crippen LogP contribution in [0.15, 0.2) is 92.6 Å². The summed E-state index contributed by atoms with van der Waals surface area (Å²) in [7, 11) is -9.26. The van der Waals surface area contributed by atoms with Crippen LogP contribution < -0.4 is 80.0 Å². The third kappa shape index (κ3) is 13.1. The molecule has 0 aliphatic heterocycles. The predicted molar refractivity (Wildman–Crippen MR) is 219 cm³/mol. The molecule has 5 rings (SSSR count). The first-order valence-electron chi connectivity index (χ1n) is 18.0. The number of benzene rings is 4. The second-order valence-corrected chi connectivity index (χ2v) is 17.1. The number of alkyl halides is 2. The number of ketones is 2. The molecule has 20 heteroatoms. The number of nitrogens with zero attached hydrogens (tertiary/aromatic N) is 2. The van der Waals surface area contributed by atoms with Gasteiger partial charge in [0.2, 0.25) is 0 Å². The second-order valence-electron chi connectivity index (χ2n) is 13.8. The van der Waals surface area contributed by atoms with Crippen LogP contribution in [0.2, 0.25) is 0 Å². The van der Waals surface area contributed by atoms with Gasteiger partial charge in [-0.1, -0.05) is 48.5 Å². The largest absolute Gasteiger partial charge is 1.00 e. The van der Waals surface area contributed by atoms with Gasteiger partial charge in [-0.3, -0.25) is 28.7 Å². The molecular weight excluding hydrogens is 877 g/mol. The standard InChI is InChI=1S/C40H42Cl2N4O10S2.2Na/c1-23(7-9-25-11-13-27(21-43-35(47)19-41)33(17-25)57(51,52)53)45-31-15-16-32(38-37(31)39(49)29-5-3-4-6-30(29)40(38)50)46-24(2)8-10-26-12-14-28(22-44-36(48)20-42)34(18-26)58(54,55)56;;/h3-6,11-18,23-24,45-46H,7-10,19-22H2,1-2H3,(H,43,47)(H,44,48)(H,51,52,53)(H,54,55,56);;/q;2*+1/p-2. The summed E-state index contributed by atoms with van der Waals surface area (Å²) in [4.78, 5) is 34.8. The molecule has 0 heterocycles. The van der Waals surface area contributed by atoms with Crippen LogP contribution in [0, 0.1) is 0 Å². The molecule has 0 saturated carbocycles. The van der Waals surface area contributed by atoms with Crippen LogP contribution in [0.4, 0.5) is 11.4 Å². The van der Waals surface area contributed by atoms with Gasteiger partial charge in [-0.15, -0.1) is 23.2 Å². The summed E-state index contributed by atoms with van der Waals surface area (Å²) < 4.78 is 68.4. The van der Waals surface area contributed by atoms with Gasteiger partial charge in [0.25, 0.3) is 20.2 Å². The molecule has 0 fully saturated rings. The van der Waals surface area contributed by atoms with E-state index in [0.717, 1.165) is 0 Å².